The topological polar surface area (TPSA) is 96.2 Å². The maximum atomic E-state index is 13.6. The number of rotatable bonds is 5. The predicted molar refractivity (Wildman–Crippen MR) is 153 cm³/mol. The van der Waals surface area contributed by atoms with Crippen molar-refractivity contribution in [2.45, 2.75) is 70.7 Å². The molecule has 0 aliphatic heterocycles. The molecule has 39 heavy (non-hydrogen) atoms. The molecule has 1 saturated carbocycles. The van der Waals surface area contributed by atoms with Crippen LogP contribution in [0.5, 0.6) is 0 Å². The van der Waals surface area contributed by atoms with Crippen LogP contribution in [-0.4, -0.2) is 34.3 Å². The number of ether oxygens (including phenoxy) is 1. The molecule has 5 rings (SSSR count). The van der Waals surface area contributed by atoms with Gasteiger partial charge in [0.1, 0.15) is 11.3 Å². The molecule has 3 aromatic carbocycles. The summed E-state index contributed by atoms with van der Waals surface area (Å²) in [6.45, 7) is 6.05. The molecule has 200 valence electrons. The van der Waals surface area contributed by atoms with Crippen molar-refractivity contribution in [3.05, 3.63) is 83.6 Å². The second kappa shape index (κ2) is 10.8. The van der Waals surface area contributed by atoms with Gasteiger partial charge in [0.2, 0.25) is 0 Å². The Bertz CT molecular complexity index is 1560. The maximum absolute atomic E-state index is 13.6. The lowest BCUT2D eigenvalue weighted by Crippen LogP contribution is -2.45. The molecule has 0 unspecified atom stereocenters. The summed E-state index contributed by atoms with van der Waals surface area (Å²) in [6, 6.07) is 24.2. The number of nitrogens with one attached hydrogen (secondary N) is 2. The third kappa shape index (κ3) is 6.06. The Morgan fingerprint density at radius 2 is 1.62 bits per heavy atom. The first kappa shape index (κ1) is 26.3. The van der Waals surface area contributed by atoms with Crippen LogP contribution in [0.2, 0.25) is 0 Å². The molecule has 0 saturated heterocycles. The van der Waals surface area contributed by atoms with Crippen LogP contribution in [0.1, 0.15) is 68.1 Å². The zero-order valence-electron chi connectivity index (χ0n) is 22.7. The number of carbonyl (C=O) groups is 2. The normalized spacial score (nSPS) is 17.5. The Morgan fingerprint density at radius 1 is 0.923 bits per heavy atom. The van der Waals surface area contributed by atoms with Crippen molar-refractivity contribution in [3.63, 3.8) is 0 Å². The molecule has 0 radical (unpaired) electrons. The van der Waals surface area contributed by atoms with Gasteiger partial charge in [-0.05, 0) is 81.0 Å². The summed E-state index contributed by atoms with van der Waals surface area (Å²) in [5.74, 6) is -0.131. The number of benzene rings is 3. The van der Waals surface area contributed by atoms with Gasteiger partial charge in [-0.25, -0.2) is 4.79 Å². The number of amides is 2. The Hall–Kier alpha value is -4.31. The zero-order chi connectivity index (χ0) is 27.6. The van der Waals surface area contributed by atoms with E-state index in [1.165, 1.54) is 0 Å². The largest absolute Gasteiger partial charge is 0.444 e. The van der Waals surface area contributed by atoms with E-state index in [1.54, 1.807) is 6.07 Å². The number of carbonyl (C=O) groups excluding carboxylic acids is 2. The lowest BCUT2D eigenvalue weighted by atomic mass is 9.91. The van der Waals surface area contributed by atoms with Crippen molar-refractivity contribution >= 4 is 33.7 Å². The second-order valence-corrected chi connectivity index (χ2v) is 11.3. The smallest absolute Gasteiger partial charge is 0.407 e. The van der Waals surface area contributed by atoms with Crippen LogP contribution in [0.3, 0.4) is 0 Å². The quantitative estimate of drug-likeness (QED) is 0.322. The molecule has 1 aliphatic rings. The highest BCUT2D eigenvalue weighted by Crippen LogP contribution is 2.27. The summed E-state index contributed by atoms with van der Waals surface area (Å²) in [7, 11) is 0. The number of alkyl carbamates (subject to hydrolysis) is 1. The molecule has 1 aromatic heterocycles. The minimum Gasteiger partial charge on any atom is -0.444 e. The molecular weight excluding hydrogens is 488 g/mol. The van der Waals surface area contributed by atoms with E-state index in [4.69, 9.17) is 4.74 Å². The summed E-state index contributed by atoms with van der Waals surface area (Å²) in [5.41, 5.74) is 2.56. The zero-order valence-corrected chi connectivity index (χ0v) is 22.7. The van der Waals surface area contributed by atoms with E-state index in [1.807, 2.05) is 61.7 Å². The standard InChI is InChI=1S/C32H34N4O3/c1-32(2,3)39-31(38)35-26-15-13-25(14-16-26)34-30(37)29-18-23-12-11-21(19-33)17-28(23)36(29)20-24-9-6-8-22-7-4-5-10-27(22)24/h4-12,17-18,25-26H,13-16,20H2,1-3H3,(H,34,37)(H,35,38)/t25-,26-. The molecular formula is C32H34N4O3. The van der Waals surface area contributed by atoms with Crippen molar-refractivity contribution in [1.82, 2.24) is 15.2 Å². The van der Waals surface area contributed by atoms with Crippen LogP contribution < -0.4 is 10.6 Å². The molecule has 1 fully saturated rings. The number of aromatic nitrogens is 1. The van der Waals surface area contributed by atoms with Crippen LogP contribution >= 0.6 is 0 Å². The van der Waals surface area contributed by atoms with E-state index < -0.39 is 11.7 Å². The summed E-state index contributed by atoms with van der Waals surface area (Å²) in [6.07, 6.45) is 2.69. The van der Waals surface area contributed by atoms with E-state index >= 15 is 0 Å². The fraction of sp³-hybridized carbons (Fsp3) is 0.344. The number of nitrogens with zero attached hydrogens (tertiary/aromatic N) is 2. The highest BCUT2D eigenvalue weighted by Gasteiger charge is 2.27. The number of hydrogen-bond acceptors (Lipinski definition) is 4. The maximum Gasteiger partial charge on any atom is 0.407 e. The van der Waals surface area contributed by atoms with Crippen molar-refractivity contribution < 1.29 is 14.3 Å². The van der Waals surface area contributed by atoms with Crippen LogP contribution in [0, 0.1) is 11.3 Å². The first-order valence-electron chi connectivity index (χ1n) is 13.5. The average molecular weight is 523 g/mol. The first-order chi connectivity index (χ1) is 18.7. The number of hydrogen-bond donors (Lipinski definition) is 2. The van der Waals surface area contributed by atoms with Crippen molar-refractivity contribution in [3.8, 4) is 6.07 Å². The van der Waals surface area contributed by atoms with Crippen LogP contribution in [0.4, 0.5) is 4.79 Å². The summed E-state index contributed by atoms with van der Waals surface area (Å²) >= 11 is 0. The molecule has 1 aliphatic carbocycles. The molecule has 1 heterocycles. The summed E-state index contributed by atoms with van der Waals surface area (Å²) in [4.78, 5) is 25.8. The molecule has 0 spiro atoms. The molecule has 2 N–H and O–H groups in total. The lowest BCUT2D eigenvalue weighted by Gasteiger charge is -2.30. The van der Waals surface area contributed by atoms with Gasteiger partial charge in [-0.1, -0.05) is 48.5 Å². The molecule has 4 aromatic rings. The van der Waals surface area contributed by atoms with Gasteiger partial charge in [-0.2, -0.15) is 5.26 Å². The van der Waals surface area contributed by atoms with Crippen LogP contribution in [-0.2, 0) is 11.3 Å². The highest BCUT2D eigenvalue weighted by molar-refractivity contribution is 5.99. The third-order valence-electron chi connectivity index (χ3n) is 7.26. The average Bonchev–Trinajstić information content (AvgIpc) is 3.26. The first-order valence-corrected chi connectivity index (χ1v) is 13.5. The minimum absolute atomic E-state index is 0.0212. The number of nitriles is 1. The van der Waals surface area contributed by atoms with E-state index in [-0.39, 0.29) is 18.0 Å². The molecule has 2 amide bonds. The van der Waals surface area contributed by atoms with E-state index in [9.17, 15) is 14.9 Å². The molecule has 7 nitrogen and oxygen atoms in total. The monoisotopic (exact) mass is 522 g/mol. The van der Waals surface area contributed by atoms with E-state index in [0.717, 1.165) is 52.9 Å². The predicted octanol–water partition coefficient (Wildman–Crippen LogP) is 6.28. The molecule has 7 heteroatoms. The van der Waals surface area contributed by atoms with Gasteiger partial charge in [0.25, 0.3) is 5.91 Å². The molecule has 0 bridgehead atoms. The fourth-order valence-electron chi connectivity index (χ4n) is 5.40. The van der Waals surface area contributed by atoms with Crippen molar-refractivity contribution in [1.29, 1.82) is 5.26 Å². The minimum atomic E-state index is -0.534. The van der Waals surface area contributed by atoms with Crippen molar-refractivity contribution in [2.24, 2.45) is 0 Å². The van der Waals surface area contributed by atoms with Crippen LogP contribution in [0.25, 0.3) is 21.7 Å². The van der Waals surface area contributed by atoms with Gasteiger partial charge in [-0.3, -0.25) is 4.79 Å². The van der Waals surface area contributed by atoms with Gasteiger partial charge in [0.15, 0.2) is 0 Å². The Labute approximate surface area is 228 Å². The Kier molecular flexibility index (Phi) is 7.30. The lowest BCUT2D eigenvalue weighted by molar-refractivity contribution is 0.0488. The van der Waals surface area contributed by atoms with Crippen LogP contribution in [0.15, 0.2) is 66.7 Å². The third-order valence-corrected chi connectivity index (χ3v) is 7.26. The SMILES string of the molecule is CC(C)(C)OC(=O)N[C@H]1CC[C@H](NC(=O)c2cc3ccc(C#N)cc3n2Cc2cccc3ccccc23)CC1. The fourth-order valence-corrected chi connectivity index (χ4v) is 5.40. The highest BCUT2D eigenvalue weighted by atomic mass is 16.6. The summed E-state index contributed by atoms with van der Waals surface area (Å²) in [5, 5.41) is 18.9. The Morgan fingerprint density at radius 3 is 2.33 bits per heavy atom. The number of fused-ring (bicyclic) bond motifs is 2. The van der Waals surface area contributed by atoms with Gasteiger partial charge in [0.05, 0.1) is 17.1 Å². The van der Waals surface area contributed by atoms with Gasteiger partial charge in [0, 0.05) is 24.0 Å². The molecule has 0 atom stereocenters. The van der Waals surface area contributed by atoms with Gasteiger partial charge >= 0.3 is 6.09 Å². The summed E-state index contributed by atoms with van der Waals surface area (Å²) < 4.78 is 7.40. The van der Waals surface area contributed by atoms with E-state index in [0.29, 0.717) is 17.8 Å². The Balaban J connectivity index is 1.35. The second-order valence-electron chi connectivity index (χ2n) is 11.3. The van der Waals surface area contributed by atoms with Crippen molar-refractivity contribution in [2.75, 3.05) is 0 Å². The van der Waals surface area contributed by atoms with Gasteiger partial charge < -0.3 is 19.9 Å². The van der Waals surface area contributed by atoms with Gasteiger partial charge in [-0.15, -0.1) is 0 Å². The van der Waals surface area contributed by atoms with E-state index in [2.05, 4.69) is 41.0 Å².